The number of rotatable bonds is 7. The zero-order chi connectivity index (χ0) is 21.3. The van der Waals surface area contributed by atoms with E-state index in [0.29, 0.717) is 18.5 Å². The molecule has 0 radical (unpaired) electrons. The van der Waals surface area contributed by atoms with E-state index in [1.807, 2.05) is 6.08 Å². The Labute approximate surface area is 165 Å². The molecule has 3 N–H and O–H groups in total. The van der Waals surface area contributed by atoms with Crippen LogP contribution in [-0.4, -0.2) is 81.3 Å². The van der Waals surface area contributed by atoms with E-state index in [-0.39, 0.29) is 24.7 Å². The first-order chi connectivity index (χ1) is 12.9. The summed E-state index contributed by atoms with van der Waals surface area (Å²) in [5.41, 5.74) is -3.06. The Morgan fingerprint density at radius 1 is 1.39 bits per heavy atom. The van der Waals surface area contributed by atoms with Crippen LogP contribution in [0.1, 0.15) is 41.0 Å². The maximum atomic E-state index is 12.5. The molecule has 0 aromatic carbocycles. The normalized spacial score (nSPS) is 26.3. The van der Waals surface area contributed by atoms with Gasteiger partial charge in [-0.2, -0.15) is 0 Å². The summed E-state index contributed by atoms with van der Waals surface area (Å²) in [5.74, 6) is -1.48. The molecule has 1 fully saturated rings. The van der Waals surface area contributed by atoms with E-state index >= 15 is 0 Å². The fraction of sp³-hybridized carbons (Fsp3) is 0.700. The lowest BCUT2D eigenvalue weighted by Crippen LogP contribution is -2.63. The predicted molar refractivity (Wildman–Crippen MR) is 101 cm³/mol. The first-order valence-electron chi connectivity index (χ1n) is 9.50. The summed E-state index contributed by atoms with van der Waals surface area (Å²) in [5, 5.41) is 30.5. The molecule has 0 aromatic heterocycles. The number of carbonyl (C=O) groups excluding carboxylic acids is 2. The van der Waals surface area contributed by atoms with Crippen LogP contribution in [0.5, 0.6) is 0 Å². The van der Waals surface area contributed by atoms with E-state index in [1.165, 1.54) is 20.8 Å². The summed E-state index contributed by atoms with van der Waals surface area (Å²) in [4.78, 5) is 26.7. The summed E-state index contributed by atoms with van der Waals surface area (Å²) in [6, 6.07) is -0.191. The lowest BCUT2D eigenvalue weighted by Gasteiger charge is -2.38. The van der Waals surface area contributed by atoms with Gasteiger partial charge in [-0.15, -0.1) is 0 Å². The topological polar surface area (TPSA) is 117 Å². The summed E-state index contributed by atoms with van der Waals surface area (Å²) in [6.07, 6.45) is 2.40. The van der Waals surface area contributed by atoms with E-state index in [9.17, 15) is 24.9 Å². The molecule has 8 heteroatoms. The SMILES string of the molecule is C/C=C(/C)C(=O)O[C@@H]1CCN2CC=C(COC(=O)[C@](O)([C@H](C)O)C(C)(C)O)[C@H]12. The largest absolute Gasteiger partial charge is 0.459 e. The Bertz CT molecular complexity index is 677. The smallest absolute Gasteiger partial charge is 0.344 e. The van der Waals surface area contributed by atoms with Crippen molar-refractivity contribution in [2.45, 2.75) is 70.5 Å². The molecule has 0 aromatic rings. The van der Waals surface area contributed by atoms with Crippen LogP contribution in [0.4, 0.5) is 0 Å². The highest BCUT2D eigenvalue weighted by Gasteiger charge is 2.54. The van der Waals surface area contributed by atoms with Crippen LogP contribution in [0.3, 0.4) is 0 Å². The third-order valence-electron chi connectivity index (χ3n) is 5.65. The van der Waals surface area contributed by atoms with Crippen molar-refractivity contribution < 1.29 is 34.4 Å². The van der Waals surface area contributed by atoms with Crippen LogP contribution in [0, 0.1) is 0 Å². The van der Waals surface area contributed by atoms with Crippen molar-refractivity contribution in [3.05, 3.63) is 23.3 Å². The molecular formula is C20H31NO7. The Morgan fingerprint density at radius 3 is 2.57 bits per heavy atom. The van der Waals surface area contributed by atoms with Gasteiger partial charge in [-0.25, -0.2) is 9.59 Å². The van der Waals surface area contributed by atoms with E-state index in [2.05, 4.69) is 4.90 Å². The molecule has 158 valence electrons. The number of nitrogens with zero attached hydrogens (tertiary/aromatic N) is 1. The molecule has 0 aliphatic carbocycles. The van der Waals surface area contributed by atoms with E-state index in [0.717, 1.165) is 12.1 Å². The summed E-state index contributed by atoms with van der Waals surface area (Å²) < 4.78 is 10.9. The molecule has 2 rings (SSSR count). The average molecular weight is 397 g/mol. The number of fused-ring (bicyclic) bond motifs is 1. The summed E-state index contributed by atoms with van der Waals surface area (Å²) in [7, 11) is 0. The minimum absolute atomic E-state index is 0.123. The van der Waals surface area contributed by atoms with Crippen LogP contribution in [0.15, 0.2) is 23.3 Å². The first kappa shape index (κ1) is 22.5. The number of hydrogen-bond acceptors (Lipinski definition) is 8. The number of hydrogen-bond donors (Lipinski definition) is 3. The molecule has 2 aliphatic heterocycles. The molecule has 4 atom stereocenters. The van der Waals surface area contributed by atoms with Crippen molar-refractivity contribution in [3.8, 4) is 0 Å². The standard InChI is InChI=1S/C20H31NO7/c1-6-12(2)17(23)28-15-8-10-21-9-7-14(16(15)21)11-27-18(24)20(26,13(3)22)19(4,5)25/h6-7,13,15-16,22,25-26H,8-11H2,1-5H3/b12-6-/t13-,15+,16+,20+/m0/s1. The molecule has 1 saturated heterocycles. The van der Waals surface area contributed by atoms with Gasteiger partial charge in [0.05, 0.1) is 12.1 Å². The number of allylic oxidation sites excluding steroid dienone is 1. The average Bonchev–Trinajstić information content (AvgIpc) is 3.20. The minimum atomic E-state index is -2.46. The minimum Gasteiger partial charge on any atom is -0.459 e. The van der Waals surface area contributed by atoms with E-state index in [1.54, 1.807) is 19.9 Å². The van der Waals surface area contributed by atoms with E-state index in [4.69, 9.17) is 9.47 Å². The number of esters is 2. The fourth-order valence-electron chi connectivity index (χ4n) is 3.66. The van der Waals surface area contributed by atoms with Gasteiger partial charge in [0.1, 0.15) is 18.3 Å². The van der Waals surface area contributed by atoms with Gasteiger partial charge >= 0.3 is 11.9 Å². The molecule has 2 heterocycles. The number of aliphatic hydroxyl groups is 3. The molecule has 28 heavy (non-hydrogen) atoms. The third kappa shape index (κ3) is 4.15. The highest BCUT2D eigenvalue weighted by atomic mass is 16.6. The van der Waals surface area contributed by atoms with Crippen LogP contribution >= 0.6 is 0 Å². The second-order valence-electron chi connectivity index (χ2n) is 8.00. The summed E-state index contributed by atoms with van der Waals surface area (Å²) >= 11 is 0. The van der Waals surface area contributed by atoms with Crippen LogP contribution < -0.4 is 0 Å². The van der Waals surface area contributed by atoms with Gasteiger partial charge in [0.25, 0.3) is 0 Å². The Kier molecular flexibility index (Phi) is 6.70. The number of carbonyl (C=O) groups is 2. The molecule has 0 bridgehead atoms. The van der Waals surface area contributed by atoms with Crippen molar-refractivity contribution in [2.24, 2.45) is 0 Å². The molecule has 0 spiro atoms. The Hall–Kier alpha value is -1.74. The highest BCUT2D eigenvalue weighted by Crippen LogP contribution is 2.33. The molecule has 0 saturated carbocycles. The van der Waals surface area contributed by atoms with Crippen LogP contribution in [-0.2, 0) is 19.1 Å². The van der Waals surface area contributed by atoms with Crippen molar-refractivity contribution in [1.82, 2.24) is 4.90 Å². The lowest BCUT2D eigenvalue weighted by molar-refractivity contribution is -0.213. The van der Waals surface area contributed by atoms with E-state index < -0.39 is 23.3 Å². The van der Waals surface area contributed by atoms with Crippen molar-refractivity contribution in [1.29, 1.82) is 0 Å². The van der Waals surface area contributed by atoms with Gasteiger partial charge in [-0.3, -0.25) is 4.90 Å². The molecule has 2 aliphatic rings. The van der Waals surface area contributed by atoms with Crippen molar-refractivity contribution >= 4 is 11.9 Å². The molecule has 0 unspecified atom stereocenters. The monoisotopic (exact) mass is 397 g/mol. The van der Waals surface area contributed by atoms with Crippen LogP contribution in [0.25, 0.3) is 0 Å². The van der Waals surface area contributed by atoms with Gasteiger partial charge in [0, 0.05) is 18.7 Å². The summed E-state index contributed by atoms with van der Waals surface area (Å²) in [6.45, 7) is 8.42. The Morgan fingerprint density at radius 2 is 2.04 bits per heavy atom. The van der Waals surface area contributed by atoms with Gasteiger partial charge in [0.2, 0.25) is 5.60 Å². The first-order valence-corrected chi connectivity index (χ1v) is 9.50. The number of aliphatic hydroxyl groups excluding tert-OH is 1. The van der Waals surface area contributed by atoms with Gasteiger partial charge < -0.3 is 24.8 Å². The van der Waals surface area contributed by atoms with Crippen molar-refractivity contribution in [2.75, 3.05) is 19.7 Å². The molecule has 0 amide bonds. The lowest BCUT2D eigenvalue weighted by atomic mass is 9.81. The zero-order valence-corrected chi connectivity index (χ0v) is 17.1. The molecular weight excluding hydrogens is 366 g/mol. The van der Waals surface area contributed by atoms with Gasteiger partial charge in [0.15, 0.2) is 0 Å². The van der Waals surface area contributed by atoms with Gasteiger partial charge in [-0.1, -0.05) is 12.2 Å². The fourth-order valence-corrected chi connectivity index (χ4v) is 3.66. The molecule has 8 nitrogen and oxygen atoms in total. The quantitative estimate of drug-likeness (QED) is 0.319. The zero-order valence-electron chi connectivity index (χ0n) is 17.1. The predicted octanol–water partition coefficient (Wildman–Crippen LogP) is 0.305. The second kappa shape index (κ2) is 8.32. The van der Waals surface area contributed by atoms with Gasteiger partial charge in [-0.05, 0) is 46.6 Å². The van der Waals surface area contributed by atoms with Crippen LogP contribution in [0.2, 0.25) is 0 Å². The maximum Gasteiger partial charge on any atom is 0.344 e. The van der Waals surface area contributed by atoms with Crippen molar-refractivity contribution in [3.63, 3.8) is 0 Å². The number of ether oxygens (including phenoxy) is 2. The maximum absolute atomic E-state index is 12.5. The highest BCUT2D eigenvalue weighted by molar-refractivity contribution is 5.87. The Balaban J connectivity index is 2.06. The third-order valence-corrected chi connectivity index (χ3v) is 5.65. The second-order valence-corrected chi connectivity index (χ2v) is 8.00.